The molecular formula is C36H36BBrN2O2. The maximum atomic E-state index is 8.94. The third-order valence-electron chi connectivity index (χ3n) is 7.31. The second-order valence-electron chi connectivity index (χ2n) is 10.5. The standard InChI is InChI=1S/C18H17N.C10H9BO2.C8H10BrN/c1-12-9-17(10-13(2)18(12)19)16-8-7-14-5-3-4-6-15(14)11-16;12-11(13)10-6-5-8-3-1-2-4-9(8)7-10;1-5-3-7(9)4-6(2)8(5)10/h3-11H,19H2,1-2H3;1-7,12-13H;3-4H,10H2,1-2H3. The van der Waals surface area contributed by atoms with Gasteiger partial charge in [0.2, 0.25) is 0 Å². The highest BCUT2D eigenvalue weighted by atomic mass is 79.9. The Morgan fingerprint density at radius 1 is 0.500 bits per heavy atom. The zero-order chi connectivity index (χ0) is 30.4. The number of aryl methyl sites for hydroxylation is 4. The summed E-state index contributed by atoms with van der Waals surface area (Å²) in [6.45, 7) is 8.14. The van der Waals surface area contributed by atoms with Gasteiger partial charge in [0.05, 0.1) is 0 Å². The molecule has 6 rings (SSSR count). The number of anilines is 2. The van der Waals surface area contributed by atoms with Crippen molar-refractivity contribution in [3.8, 4) is 11.1 Å². The number of fused-ring (bicyclic) bond motifs is 2. The van der Waals surface area contributed by atoms with Crippen molar-refractivity contribution >= 4 is 61.4 Å². The number of halogens is 1. The Labute approximate surface area is 256 Å². The molecule has 0 bridgehead atoms. The highest BCUT2D eigenvalue weighted by Crippen LogP contribution is 2.29. The largest absolute Gasteiger partial charge is 0.488 e. The Balaban J connectivity index is 0.000000154. The predicted octanol–water partition coefficient (Wildman–Crippen LogP) is 7.87. The SMILES string of the molecule is Cc1cc(-c2ccc3ccccc3c2)cc(C)c1N.Cc1cc(Br)cc(C)c1N.OB(O)c1ccc2ccccc2c1. The second kappa shape index (κ2) is 13.7. The summed E-state index contributed by atoms with van der Waals surface area (Å²) in [5.74, 6) is 0. The molecule has 0 aliphatic carbocycles. The lowest BCUT2D eigenvalue weighted by molar-refractivity contribution is 0.426. The van der Waals surface area contributed by atoms with Crippen LogP contribution in [0.1, 0.15) is 22.3 Å². The molecule has 6 N–H and O–H groups in total. The van der Waals surface area contributed by atoms with Gasteiger partial charge in [0, 0.05) is 15.8 Å². The van der Waals surface area contributed by atoms with E-state index in [0.717, 1.165) is 48.9 Å². The molecule has 6 heteroatoms. The molecule has 0 amide bonds. The van der Waals surface area contributed by atoms with E-state index in [0.29, 0.717) is 5.46 Å². The summed E-state index contributed by atoms with van der Waals surface area (Å²) >= 11 is 3.39. The molecule has 0 aromatic heterocycles. The number of nitrogens with two attached hydrogens (primary N) is 2. The molecule has 0 aliphatic heterocycles. The Hall–Kier alpha value is -4.10. The van der Waals surface area contributed by atoms with Crippen LogP contribution in [0.3, 0.4) is 0 Å². The van der Waals surface area contributed by atoms with E-state index in [2.05, 4.69) is 84.4 Å². The first-order valence-corrected chi connectivity index (χ1v) is 14.6. The molecule has 0 fully saturated rings. The van der Waals surface area contributed by atoms with Gasteiger partial charge in [-0.2, -0.15) is 0 Å². The number of benzene rings is 6. The summed E-state index contributed by atoms with van der Waals surface area (Å²) in [5, 5.41) is 22.5. The first kappa shape index (κ1) is 30.9. The monoisotopic (exact) mass is 618 g/mol. The smallest absolute Gasteiger partial charge is 0.423 e. The minimum atomic E-state index is -1.38. The van der Waals surface area contributed by atoms with Crippen molar-refractivity contribution in [1.82, 2.24) is 0 Å². The van der Waals surface area contributed by atoms with Gasteiger partial charge in [-0.1, -0.05) is 94.8 Å². The lowest BCUT2D eigenvalue weighted by Crippen LogP contribution is -2.29. The van der Waals surface area contributed by atoms with Gasteiger partial charge in [0.1, 0.15) is 0 Å². The van der Waals surface area contributed by atoms with E-state index in [4.69, 9.17) is 21.5 Å². The maximum absolute atomic E-state index is 8.94. The lowest BCUT2D eigenvalue weighted by atomic mass is 9.79. The van der Waals surface area contributed by atoms with E-state index in [1.165, 1.54) is 21.9 Å². The first-order valence-electron chi connectivity index (χ1n) is 13.8. The predicted molar refractivity (Wildman–Crippen MR) is 185 cm³/mol. The Morgan fingerprint density at radius 3 is 1.43 bits per heavy atom. The van der Waals surface area contributed by atoms with E-state index in [-0.39, 0.29) is 0 Å². The van der Waals surface area contributed by atoms with Crippen LogP contribution in [0.4, 0.5) is 11.4 Å². The molecule has 4 nitrogen and oxygen atoms in total. The van der Waals surface area contributed by atoms with Crippen LogP contribution in [0, 0.1) is 27.7 Å². The Morgan fingerprint density at radius 2 is 0.929 bits per heavy atom. The molecule has 0 heterocycles. The molecular weight excluding hydrogens is 583 g/mol. The molecule has 0 saturated carbocycles. The summed E-state index contributed by atoms with van der Waals surface area (Å²) in [4.78, 5) is 0. The summed E-state index contributed by atoms with van der Waals surface area (Å²) in [7, 11) is -1.38. The van der Waals surface area contributed by atoms with Gasteiger partial charge >= 0.3 is 7.12 Å². The third kappa shape index (κ3) is 7.59. The van der Waals surface area contributed by atoms with E-state index in [9.17, 15) is 0 Å². The highest BCUT2D eigenvalue weighted by Gasteiger charge is 2.10. The Kier molecular flexibility index (Phi) is 10.1. The zero-order valence-electron chi connectivity index (χ0n) is 24.4. The van der Waals surface area contributed by atoms with Crippen molar-refractivity contribution in [2.75, 3.05) is 11.5 Å². The number of rotatable bonds is 2. The molecule has 0 saturated heterocycles. The quantitative estimate of drug-likeness (QED) is 0.117. The maximum Gasteiger partial charge on any atom is 0.488 e. The van der Waals surface area contributed by atoms with Crippen LogP contribution in [-0.2, 0) is 0 Å². The van der Waals surface area contributed by atoms with Gasteiger partial charge < -0.3 is 21.5 Å². The second-order valence-corrected chi connectivity index (χ2v) is 11.4. The van der Waals surface area contributed by atoms with Gasteiger partial charge in [0.25, 0.3) is 0 Å². The van der Waals surface area contributed by atoms with Crippen molar-refractivity contribution in [1.29, 1.82) is 0 Å². The highest BCUT2D eigenvalue weighted by molar-refractivity contribution is 9.10. The third-order valence-corrected chi connectivity index (χ3v) is 7.76. The van der Waals surface area contributed by atoms with E-state index in [1.54, 1.807) is 12.1 Å². The minimum Gasteiger partial charge on any atom is -0.423 e. The van der Waals surface area contributed by atoms with Gasteiger partial charge in [-0.3, -0.25) is 0 Å². The summed E-state index contributed by atoms with van der Waals surface area (Å²) < 4.78 is 1.09. The normalized spacial score (nSPS) is 10.5. The molecule has 0 radical (unpaired) electrons. The number of hydrogen-bond acceptors (Lipinski definition) is 4. The van der Waals surface area contributed by atoms with Crippen LogP contribution in [-0.4, -0.2) is 17.2 Å². The van der Waals surface area contributed by atoms with E-state index in [1.807, 2.05) is 56.3 Å². The molecule has 42 heavy (non-hydrogen) atoms. The van der Waals surface area contributed by atoms with Crippen LogP contribution in [0.15, 0.2) is 114 Å². The van der Waals surface area contributed by atoms with E-state index < -0.39 is 7.12 Å². The summed E-state index contributed by atoms with van der Waals surface area (Å²) in [5.41, 5.74) is 21.1. The molecule has 6 aromatic rings. The first-order chi connectivity index (χ1) is 20.0. The van der Waals surface area contributed by atoms with Crippen molar-refractivity contribution < 1.29 is 10.0 Å². The van der Waals surface area contributed by atoms with Crippen molar-refractivity contribution in [3.63, 3.8) is 0 Å². The molecule has 212 valence electrons. The average Bonchev–Trinajstić information content (AvgIpc) is 2.98. The number of hydrogen-bond donors (Lipinski definition) is 4. The zero-order valence-corrected chi connectivity index (χ0v) is 26.0. The molecule has 6 aromatic carbocycles. The van der Waals surface area contributed by atoms with Gasteiger partial charge in [-0.05, 0) is 118 Å². The van der Waals surface area contributed by atoms with Crippen LogP contribution in [0.2, 0.25) is 0 Å². The van der Waals surface area contributed by atoms with Crippen molar-refractivity contribution in [2.24, 2.45) is 0 Å². The van der Waals surface area contributed by atoms with Gasteiger partial charge in [-0.25, -0.2) is 0 Å². The topological polar surface area (TPSA) is 92.5 Å². The summed E-state index contributed by atoms with van der Waals surface area (Å²) in [6, 6.07) is 36.6. The number of nitrogen functional groups attached to an aromatic ring is 2. The van der Waals surface area contributed by atoms with Crippen LogP contribution < -0.4 is 16.9 Å². The average molecular weight is 619 g/mol. The molecule has 0 atom stereocenters. The molecule has 0 spiro atoms. The molecule has 0 unspecified atom stereocenters. The van der Waals surface area contributed by atoms with Crippen LogP contribution in [0.5, 0.6) is 0 Å². The fraction of sp³-hybridized carbons (Fsp3) is 0.111. The van der Waals surface area contributed by atoms with Crippen LogP contribution >= 0.6 is 15.9 Å². The minimum absolute atomic E-state index is 0.527. The fourth-order valence-electron chi connectivity index (χ4n) is 4.80. The molecule has 0 aliphatic rings. The fourth-order valence-corrected chi connectivity index (χ4v) is 5.49. The van der Waals surface area contributed by atoms with Gasteiger partial charge in [-0.15, -0.1) is 0 Å². The van der Waals surface area contributed by atoms with Gasteiger partial charge in [0.15, 0.2) is 0 Å². The van der Waals surface area contributed by atoms with Crippen molar-refractivity contribution in [3.05, 3.63) is 136 Å². The van der Waals surface area contributed by atoms with E-state index >= 15 is 0 Å². The lowest BCUT2D eigenvalue weighted by Gasteiger charge is -2.10. The van der Waals surface area contributed by atoms with Crippen molar-refractivity contribution in [2.45, 2.75) is 27.7 Å². The van der Waals surface area contributed by atoms with Crippen LogP contribution in [0.25, 0.3) is 32.7 Å². The summed E-state index contributed by atoms with van der Waals surface area (Å²) in [6.07, 6.45) is 0. The Bertz CT molecular complexity index is 1810.